The molecule has 1 aliphatic rings. The normalized spacial score (nSPS) is 17.2. The van der Waals surface area contributed by atoms with Crippen LogP contribution in [0.4, 0.5) is 0 Å². The summed E-state index contributed by atoms with van der Waals surface area (Å²) < 4.78 is 10.8. The number of ether oxygens (including phenoxy) is 2. The molecule has 122 valence electrons. The smallest absolute Gasteiger partial charge is 0.337 e. The molecule has 1 fully saturated rings. The van der Waals surface area contributed by atoms with Crippen LogP contribution in [0.1, 0.15) is 60.6 Å². The molecule has 0 spiro atoms. The van der Waals surface area contributed by atoms with E-state index in [4.69, 9.17) is 14.6 Å². The topological polar surface area (TPSA) is 55.8 Å². The van der Waals surface area contributed by atoms with Gasteiger partial charge in [0.15, 0.2) is 0 Å². The molecule has 1 aromatic carbocycles. The van der Waals surface area contributed by atoms with Crippen LogP contribution in [-0.2, 0) is 9.47 Å². The molecule has 1 aromatic rings. The molecule has 0 aromatic heterocycles. The summed E-state index contributed by atoms with van der Waals surface area (Å²) in [6.07, 6.45) is 6.89. The molecule has 1 unspecified atom stereocenters. The van der Waals surface area contributed by atoms with Crippen LogP contribution in [0.3, 0.4) is 0 Å². The van der Waals surface area contributed by atoms with E-state index in [0.717, 1.165) is 5.56 Å². The molecule has 0 aliphatic heterocycles. The van der Waals surface area contributed by atoms with Crippen LogP contribution in [0, 0.1) is 5.92 Å². The Morgan fingerprint density at radius 1 is 1.23 bits per heavy atom. The van der Waals surface area contributed by atoms with Gasteiger partial charge in [-0.05, 0) is 42.9 Å². The van der Waals surface area contributed by atoms with Gasteiger partial charge in [-0.25, -0.2) is 4.79 Å². The lowest BCUT2D eigenvalue weighted by molar-refractivity contribution is -0.00691. The van der Waals surface area contributed by atoms with Crippen molar-refractivity contribution in [1.82, 2.24) is 0 Å². The van der Waals surface area contributed by atoms with E-state index in [1.54, 1.807) is 12.1 Å². The fourth-order valence-corrected chi connectivity index (χ4v) is 3.14. The molecular weight excluding hydrogens is 280 g/mol. The Bertz CT molecular complexity index is 449. The summed E-state index contributed by atoms with van der Waals surface area (Å²) in [5.74, 6) is 0.207. The number of esters is 1. The molecule has 1 N–H and O–H groups in total. The average Bonchev–Trinajstić information content (AvgIpc) is 2.59. The van der Waals surface area contributed by atoms with Crippen molar-refractivity contribution in [3.8, 4) is 0 Å². The Morgan fingerprint density at radius 3 is 2.50 bits per heavy atom. The lowest BCUT2D eigenvalue weighted by Gasteiger charge is -2.30. The van der Waals surface area contributed by atoms with Crippen molar-refractivity contribution in [3.63, 3.8) is 0 Å². The minimum atomic E-state index is -0.318. The highest BCUT2D eigenvalue weighted by Crippen LogP contribution is 2.37. The SMILES string of the molecule is COC(=O)c1ccc(C(OCCCO)C2CCCCC2)cc1. The highest BCUT2D eigenvalue weighted by Gasteiger charge is 2.26. The predicted octanol–water partition coefficient (Wildman–Crippen LogP) is 3.49. The van der Waals surface area contributed by atoms with Gasteiger partial charge >= 0.3 is 5.97 Å². The largest absolute Gasteiger partial charge is 0.465 e. The van der Waals surface area contributed by atoms with Crippen LogP contribution >= 0.6 is 0 Å². The maximum atomic E-state index is 11.5. The van der Waals surface area contributed by atoms with E-state index < -0.39 is 0 Å². The van der Waals surface area contributed by atoms with Gasteiger partial charge in [0.1, 0.15) is 0 Å². The van der Waals surface area contributed by atoms with Crippen molar-refractivity contribution < 1.29 is 19.4 Å². The standard InChI is InChI=1S/C18H26O4/c1-21-18(20)16-10-8-15(9-11-16)17(22-13-5-12-19)14-6-3-2-4-7-14/h8-11,14,17,19H,2-7,12-13H2,1H3. The summed E-state index contributed by atoms with van der Waals surface area (Å²) in [4.78, 5) is 11.5. The van der Waals surface area contributed by atoms with Gasteiger partial charge in [0, 0.05) is 13.2 Å². The van der Waals surface area contributed by atoms with Crippen molar-refractivity contribution in [2.24, 2.45) is 5.92 Å². The second-order valence-corrected chi connectivity index (χ2v) is 5.88. The van der Waals surface area contributed by atoms with Gasteiger partial charge in [0.25, 0.3) is 0 Å². The predicted molar refractivity (Wildman–Crippen MR) is 84.8 cm³/mol. The third-order valence-electron chi connectivity index (χ3n) is 4.34. The van der Waals surface area contributed by atoms with Gasteiger partial charge in [0.05, 0.1) is 18.8 Å². The Morgan fingerprint density at radius 2 is 1.91 bits per heavy atom. The number of aliphatic hydroxyl groups is 1. The summed E-state index contributed by atoms with van der Waals surface area (Å²) in [6, 6.07) is 7.52. The van der Waals surface area contributed by atoms with E-state index in [9.17, 15) is 4.79 Å². The molecule has 2 rings (SSSR count). The van der Waals surface area contributed by atoms with Crippen molar-refractivity contribution in [2.45, 2.75) is 44.6 Å². The summed E-state index contributed by atoms with van der Waals surface area (Å²) >= 11 is 0. The van der Waals surface area contributed by atoms with Gasteiger partial charge in [0.2, 0.25) is 0 Å². The highest BCUT2D eigenvalue weighted by atomic mass is 16.5. The summed E-state index contributed by atoms with van der Waals surface area (Å²) in [5.41, 5.74) is 1.67. The second kappa shape index (κ2) is 8.91. The molecule has 4 heteroatoms. The minimum Gasteiger partial charge on any atom is -0.465 e. The Kier molecular flexibility index (Phi) is 6.87. The number of rotatable bonds is 7. The van der Waals surface area contributed by atoms with Gasteiger partial charge < -0.3 is 14.6 Å². The van der Waals surface area contributed by atoms with Crippen LogP contribution in [0.15, 0.2) is 24.3 Å². The lowest BCUT2D eigenvalue weighted by Crippen LogP contribution is -2.20. The Balaban J connectivity index is 2.10. The third-order valence-corrected chi connectivity index (χ3v) is 4.34. The maximum Gasteiger partial charge on any atom is 0.337 e. The molecule has 0 radical (unpaired) electrons. The first kappa shape index (κ1) is 17.0. The molecule has 1 saturated carbocycles. The molecule has 0 saturated heterocycles. The van der Waals surface area contributed by atoms with Gasteiger partial charge in [-0.3, -0.25) is 0 Å². The van der Waals surface area contributed by atoms with E-state index in [0.29, 0.717) is 24.5 Å². The lowest BCUT2D eigenvalue weighted by atomic mass is 9.82. The number of carbonyl (C=O) groups is 1. The third kappa shape index (κ3) is 4.55. The van der Waals surface area contributed by atoms with Crippen molar-refractivity contribution in [1.29, 1.82) is 0 Å². The van der Waals surface area contributed by atoms with Gasteiger partial charge in [-0.1, -0.05) is 31.4 Å². The molecule has 0 bridgehead atoms. The Labute approximate surface area is 132 Å². The highest BCUT2D eigenvalue weighted by molar-refractivity contribution is 5.89. The van der Waals surface area contributed by atoms with Gasteiger partial charge in [-0.15, -0.1) is 0 Å². The molecule has 1 aliphatic carbocycles. The maximum absolute atomic E-state index is 11.5. The zero-order valence-corrected chi connectivity index (χ0v) is 13.3. The fraction of sp³-hybridized carbons (Fsp3) is 0.611. The molecule has 4 nitrogen and oxygen atoms in total. The summed E-state index contributed by atoms with van der Waals surface area (Å²) in [5, 5.41) is 8.95. The zero-order valence-electron chi connectivity index (χ0n) is 13.3. The first-order valence-electron chi connectivity index (χ1n) is 8.17. The van der Waals surface area contributed by atoms with E-state index in [1.807, 2.05) is 12.1 Å². The number of methoxy groups -OCH3 is 1. The monoisotopic (exact) mass is 306 g/mol. The number of carbonyl (C=O) groups excluding carboxylic acids is 1. The van der Waals surface area contributed by atoms with E-state index in [-0.39, 0.29) is 18.7 Å². The van der Waals surface area contributed by atoms with E-state index in [2.05, 4.69) is 0 Å². The fourth-order valence-electron chi connectivity index (χ4n) is 3.14. The van der Waals surface area contributed by atoms with E-state index in [1.165, 1.54) is 39.2 Å². The number of aliphatic hydroxyl groups excluding tert-OH is 1. The van der Waals surface area contributed by atoms with Crippen molar-refractivity contribution in [2.75, 3.05) is 20.3 Å². The van der Waals surface area contributed by atoms with Gasteiger partial charge in [-0.2, -0.15) is 0 Å². The molecule has 0 heterocycles. The molecule has 1 atom stereocenters. The van der Waals surface area contributed by atoms with Crippen LogP contribution in [0.5, 0.6) is 0 Å². The average molecular weight is 306 g/mol. The minimum absolute atomic E-state index is 0.0542. The number of benzene rings is 1. The number of hydrogen-bond acceptors (Lipinski definition) is 4. The van der Waals surface area contributed by atoms with Crippen LogP contribution in [0.2, 0.25) is 0 Å². The quantitative estimate of drug-likeness (QED) is 0.619. The van der Waals surface area contributed by atoms with Crippen LogP contribution in [-0.4, -0.2) is 31.4 Å². The Hall–Kier alpha value is -1.39. The summed E-state index contributed by atoms with van der Waals surface area (Å²) in [6.45, 7) is 0.717. The van der Waals surface area contributed by atoms with Crippen molar-refractivity contribution in [3.05, 3.63) is 35.4 Å². The summed E-state index contributed by atoms with van der Waals surface area (Å²) in [7, 11) is 1.39. The van der Waals surface area contributed by atoms with Crippen LogP contribution in [0.25, 0.3) is 0 Å². The molecule has 22 heavy (non-hydrogen) atoms. The molecule has 0 amide bonds. The second-order valence-electron chi connectivity index (χ2n) is 5.88. The number of hydrogen-bond donors (Lipinski definition) is 1. The first-order valence-corrected chi connectivity index (χ1v) is 8.17. The zero-order chi connectivity index (χ0) is 15.8. The van der Waals surface area contributed by atoms with Crippen LogP contribution < -0.4 is 0 Å². The van der Waals surface area contributed by atoms with E-state index >= 15 is 0 Å². The van der Waals surface area contributed by atoms with Crippen molar-refractivity contribution >= 4 is 5.97 Å². The molecular formula is C18H26O4. The first-order chi connectivity index (χ1) is 10.8.